The lowest BCUT2D eigenvalue weighted by molar-refractivity contribution is 0.0104. The number of morpholine rings is 1. The smallest absolute Gasteiger partial charge is 0.407 e. The van der Waals surface area contributed by atoms with Gasteiger partial charge in [-0.2, -0.15) is 0 Å². The highest BCUT2D eigenvalue weighted by Gasteiger charge is 2.23. The molecule has 1 saturated heterocycles. The maximum Gasteiger partial charge on any atom is 0.407 e. The molecule has 1 rings (SSSR count). The highest BCUT2D eigenvalue weighted by Crippen LogP contribution is 2.13. The summed E-state index contributed by atoms with van der Waals surface area (Å²) in [7, 11) is 0. The molecule has 0 bridgehead atoms. The minimum absolute atomic E-state index is 0.334. The Morgan fingerprint density at radius 3 is 2.40 bits per heavy atom. The predicted octanol–water partition coefficient (Wildman–Crippen LogP) is 2.26. The van der Waals surface area contributed by atoms with Gasteiger partial charge in [0.15, 0.2) is 0 Å². The van der Waals surface area contributed by atoms with Gasteiger partial charge in [-0.25, -0.2) is 4.79 Å². The van der Waals surface area contributed by atoms with Gasteiger partial charge in [0, 0.05) is 25.7 Å². The van der Waals surface area contributed by atoms with Gasteiger partial charge in [0.1, 0.15) is 5.60 Å². The van der Waals surface area contributed by atoms with Crippen molar-refractivity contribution in [1.82, 2.24) is 10.2 Å². The van der Waals surface area contributed by atoms with Crippen LogP contribution in [0.15, 0.2) is 0 Å². The monoisotopic (exact) mass is 286 g/mol. The molecular weight excluding hydrogens is 256 g/mol. The summed E-state index contributed by atoms with van der Waals surface area (Å²) >= 11 is 0. The third-order valence-corrected chi connectivity index (χ3v) is 3.19. The molecule has 118 valence electrons. The first-order chi connectivity index (χ1) is 9.28. The van der Waals surface area contributed by atoms with Crippen molar-refractivity contribution in [3.8, 4) is 0 Å². The van der Waals surface area contributed by atoms with Crippen LogP contribution in [-0.4, -0.2) is 55.5 Å². The van der Waals surface area contributed by atoms with Crippen molar-refractivity contribution in [1.29, 1.82) is 0 Å². The van der Waals surface area contributed by atoms with Crippen LogP contribution in [-0.2, 0) is 9.47 Å². The molecular formula is C15H30N2O3. The fraction of sp³-hybridized carbons (Fsp3) is 0.933. The van der Waals surface area contributed by atoms with E-state index < -0.39 is 5.60 Å². The van der Waals surface area contributed by atoms with E-state index in [0.717, 1.165) is 32.7 Å². The van der Waals surface area contributed by atoms with Gasteiger partial charge in [0.25, 0.3) is 0 Å². The second kappa shape index (κ2) is 7.84. The first kappa shape index (κ1) is 17.2. The van der Waals surface area contributed by atoms with Crippen molar-refractivity contribution in [2.45, 2.75) is 52.7 Å². The van der Waals surface area contributed by atoms with Crippen LogP contribution < -0.4 is 5.32 Å². The van der Waals surface area contributed by atoms with Gasteiger partial charge in [-0.3, -0.25) is 4.90 Å². The summed E-state index contributed by atoms with van der Waals surface area (Å²) < 4.78 is 10.7. The van der Waals surface area contributed by atoms with Crippen LogP contribution >= 0.6 is 0 Å². The highest BCUT2D eigenvalue weighted by molar-refractivity contribution is 5.67. The second-order valence-corrected chi connectivity index (χ2v) is 6.81. The third kappa shape index (κ3) is 7.10. The first-order valence-electron chi connectivity index (χ1n) is 7.56. The zero-order valence-electron chi connectivity index (χ0n) is 13.6. The Kier molecular flexibility index (Phi) is 6.76. The maximum atomic E-state index is 11.8. The molecule has 0 spiro atoms. The minimum atomic E-state index is -0.448. The van der Waals surface area contributed by atoms with Gasteiger partial charge in [-0.05, 0) is 33.1 Å². The molecule has 0 saturated carbocycles. The van der Waals surface area contributed by atoms with E-state index in [9.17, 15) is 4.79 Å². The Morgan fingerprint density at radius 1 is 1.30 bits per heavy atom. The van der Waals surface area contributed by atoms with E-state index in [2.05, 4.69) is 24.1 Å². The maximum absolute atomic E-state index is 11.8. The number of hydrogen-bond acceptors (Lipinski definition) is 4. The molecule has 0 radical (unpaired) electrons. The van der Waals surface area contributed by atoms with Gasteiger partial charge in [0.05, 0.1) is 13.2 Å². The van der Waals surface area contributed by atoms with Gasteiger partial charge >= 0.3 is 6.09 Å². The van der Waals surface area contributed by atoms with Crippen molar-refractivity contribution in [3.63, 3.8) is 0 Å². The Hall–Kier alpha value is -0.810. The van der Waals surface area contributed by atoms with E-state index >= 15 is 0 Å². The standard InChI is InChI=1S/C15H30N2O3/c1-12(2)10-13(17-6-8-19-9-7-17)11-16-14(18)20-15(3,4)5/h12-13H,6-11H2,1-5H3,(H,16,18). The molecule has 1 atom stereocenters. The highest BCUT2D eigenvalue weighted by atomic mass is 16.6. The van der Waals surface area contributed by atoms with E-state index in [1.54, 1.807) is 0 Å². The van der Waals surface area contributed by atoms with E-state index in [1.807, 2.05) is 20.8 Å². The first-order valence-corrected chi connectivity index (χ1v) is 7.56. The zero-order chi connectivity index (χ0) is 15.2. The van der Waals surface area contributed by atoms with Crippen LogP contribution in [0, 0.1) is 5.92 Å². The lowest BCUT2D eigenvalue weighted by Gasteiger charge is -2.35. The number of nitrogens with one attached hydrogen (secondary N) is 1. The van der Waals surface area contributed by atoms with E-state index in [1.165, 1.54) is 0 Å². The van der Waals surface area contributed by atoms with Gasteiger partial charge in [-0.15, -0.1) is 0 Å². The molecule has 0 aromatic carbocycles. The number of amides is 1. The molecule has 1 fully saturated rings. The normalized spacial score (nSPS) is 18.9. The quantitative estimate of drug-likeness (QED) is 0.842. The second-order valence-electron chi connectivity index (χ2n) is 6.81. The van der Waals surface area contributed by atoms with Crippen LogP contribution in [0.5, 0.6) is 0 Å². The van der Waals surface area contributed by atoms with Crippen molar-refractivity contribution in [3.05, 3.63) is 0 Å². The van der Waals surface area contributed by atoms with Crippen molar-refractivity contribution in [2.24, 2.45) is 5.92 Å². The summed E-state index contributed by atoms with van der Waals surface area (Å²) in [4.78, 5) is 14.2. The van der Waals surface area contributed by atoms with Crippen LogP contribution in [0.25, 0.3) is 0 Å². The van der Waals surface area contributed by atoms with Gasteiger partial charge < -0.3 is 14.8 Å². The molecule has 20 heavy (non-hydrogen) atoms. The number of alkyl carbamates (subject to hydrolysis) is 1. The molecule has 1 N–H and O–H groups in total. The summed E-state index contributed by atoms with van der Waals surface area (Å²) in [6.07, 6.45) is 0.731. The summed E-state index contributed by atoms with van der Waals surface area (Å²) in [5.74, 6) is 0.600. The Bertz CT molecular complexity index is 294. The molecule has 1 heterocycles. The number of rotatable bonds is 5. The minimum Gasteiger partial charge on any atom is -0.444 e. The largest absolute Gasteiger partial charge is 0.444 e. The molecule has 1 unspecified atom stereocenters. The van der Waals surface area contributed by atoms with E-state index in [0.29, 0.717) is 18.5 Å². The molecule has 0 aliphatic carbocycles. The number of carbonyl (C=O) groups excluding carboxylic acids is 1. The molecule has 5 heteroatoms. The molecule has 1 aliphatic heterocycles. The van der Waals surface area contributed by atoms with Crippen LogP contribution in [0.1, 0.15) is 41.0 Å². The number of hydrogen-bond donors (Lipinski definition) is 1. The topological polar surface area (TPSA) is 50.8 Å². The Labute approximate surface area is 123 Å². The summed E-state index contributed by atoms with van der Waals surface area (Å²) in [6.45, 7) is 14.1. The Balaban J connectivity index is 2.45. The molecule has 0 aromatic rings. The number of nitrogens with zero attached hydrogens (tertiary/aromatic N) is 1. The number of ether oxygens (including phenoxy) is 2. The SMILES string of the molecule is CC(C)CC(CNC(=O)OC(C)(C)C)N1CCOCC1. The summed E-state index contributed by atoms with van der Waals surface area (Å²) in [6, 6.07) is 0.353. The summed E-state index contributed by atoms with van der Waals surface area (Å²) in [5.41, 5.74) is -0.448. The zero-order valence-corrected chi connectivity index (χ0v) is 13.6. The average molecular weight is 286 g/mol. The molecule has 1 aliphatic rings. The van der Waals surface area contributed by atoms with Crippen LogP contribution in [0.3, 0.4) is 0 Å². The fourth-order valence-electron chi connectivity index (χ4n) is 2.36. The number of carbonyl (C=O) groups is 1. The van der Waals surface area contributed by atoms with Crippen LogP contribution in [0.4, 0.5) is 4.79 Å². The average Bonchev–Trinajstić information content (AvgIpc) is 2.33. The lowest BCUT2D eigenvalue weighted by atomic mass is 10.0. The molecule has 5 nitrogen and oxygen atoms in total. The van der Waals surface area contributed by atoms with Crippen molar-refractivity contribution in [2.75, 3.05) is 32.8 Å². The van der Waals surface area contributed by atoms with Crippen molar-refractivity contribution >= 4 is 6.09 Å². The van der Waals surface area contributed by atoms with E-state index in [-0.39, 0.29) is 6.09 Å². The Morgan fingerprint density at radius 2 is 1.90 bits per heavy atom. The molecule has 1 amide bonds. The van der Waals surface area contributed by atoms with Crippen LogP contribution in [0.2, 0.25) is 0 Å². The van der Waals surface area contributed by atoms with Gasteiger partial charge in [0.2, 0.25) is 0 Å². The van der Waals surface area contributed by atoms with E-state index in [4.69, 9.17) is 9.47 Å². The van der Waals surface area contributed by atoms with Gasteiger partial charge in [-0.1, -0.05) is 13.8 Å². The third-order valence-electron chi connectivity index (χ3n) is 3.19. The lowest BCUT2D eigenvalue weighted by Crippen LogP contribution is -2.49. The van der Waals surface area contributed by atoms with Crippen molar-refractivity contribution < 1.29 is 14.3 Å². The fourth-order valence-corrected chi connectivity index (χ4v) is 2.36. The predicted molar refractivity (Wildman–Crippen MR) is 79.9 cm³/mol. The summed E-state index contributed by atoms with van der Waals surface area (Å²) in [5, 5.41) is 2.90. The molecule has 0 aromatic heterocycles.